The molecule has 1 aliphatic heterocycles. The van der Waals surface area contributed by atoms with E-state index in [0.29, 0.717) is 11.5 Å². The third-order valence-corrected chi connectivity index (χ3v) is 5.21. The Bertz CT molecular complexity index is 728. The molecule has 1 heterocycles. The number of phenols is 1. The molecule has 0 amide bonds. The molecular weight excluding hydrogens is 338 g/mol. The van der Waals surface area contributed by atoms with Crippen molar-refractivity contribution in [3.63, 3.8) is 0 Å². The first-order valence-electron chi connectivity index (χ1n) is 8.30. The summed E-state index contributed by atoms with van der Waals surface area (Å²) < 4.78 is 11.4. The summed E-state index contributed by atoms with van der Waals surface area (Å²) in [4.78, 5) is 0. The van der Waals surface area contributed by atoms with Gasteiger partial charge in [0.1, 0.15) is 11.8 Å². The van der Waals surface area contributed by atoms with Crippen LogP contribution in [0, 0.1) is 0 Å². The Morgan fingerprint density at radius 3 is 2.32 bits per heavy atom. The van der Waals surface area contributed by atoms with Gasteiger partial charge in [-0.2, -0.15) is 0 Å². The molecule has 0 fully saturated rings. The maximum Gasteiger partial charge on any atom is 0.167 e. The number of benzene rings is 2. The van der Waals surface area contributed by atoms with Crippen LogP contribution in [-0.4, -0.2) is 44.4 Å². The number of ether oxygens (including phenoxy) is 2. The maximum absolute atomic E-state index is 10.7. The number of hydrogen-bond acceptors (Lipinski definition) is 3. The summed E-state index contributed by atoms with van der Waals surface area (Å²) in [7, 11) is 7.74. The van der Waals surface area contributed by atoms with Gasteiger partial charge in [-0.05, 0) is 29.3 Å². The molecule has 0 spiro atoms. The number of hydrogen-bond donors (Lipinski definition) is 1. The number of fused-ring (bicyclic) bond motifs is 1. The third-order valence-electron chi connectivity index (χ3n) is 5.21. The standard InChI is InChI=1S/C20H25NO3.ClH/c1-21(2)12-11-15-7-10-18(24-4)20(22)19(15)17(21)13-14-5-8-16(23-3)9-6-14;/h5-10,17H,11-13H2,1-4H3;1H/t17-;/m1./s1. The number of halogens is 1. The van der Waals surface area contributed by atoms with Crippen molar-refractivity contribution in [1.29, 1.82) is 0 Å². The number of aromatic hydroxyl groups is 1. The summed E-state index contributed by atoms with van der Waals surface area (Å²) in [6.45, 7) is 1.06. The van der Waals surface area contributed by atoms with E-state index in [1.54, 1.807) is 14.2 Å². The van der Waals surface area contributed by atoms with E-state index in [9.17, 15) is 5.11 Å². The van der Waals surface area contributed by atoms with E-state index in [1.807, 2.05) is 18.2 Å². The average molecular weight is 364 g/mol. The second-order valence-corrected chi connectivity index (χ2v) is 7.01. The van der Waals surface area contributed by atoms with Crippen molar-refractivity contribution in [3.8, 4) is 17.2 Å². The minimum atomic E-state index is 0. The number of nitrogens with zero attached hydrogens (tertiary/aromatic N) is 1. The van der Waals surface area contributed by atoms with Crippen LogP contribution in [0.5, 0.6) is 17.2 Å². The molecule has 3 rings (SSSR count). The van der Waals surface area contributed by atoms with E-state index < -0.39 is 0 Å². The summed E-state index contributed by atoms with van der Waals surface area (Å²) in [5.41, 5.74) is 3.49. The van der Waals surface area contributed by atoms with Crippen molar-refractivity contribution in [2.24, 2.45) is 0 Å². The van der Waals surface area contributed by atoms with Gasteiger partial charge in [-0.3, -0.25) is 0 Å². The highest BCUT2D eigenvalue weighted by molar-refractivity contribution is 5.52. The predicted molar refractivity (Wildman–Crippen MR) is 94.8 cm³/mol. The van der Waals surface area contributed by atoms with Crippen LogP contribution < -0.4 is 21.9 Å². The lowest BCUT2D eigenvalue weighted by molar-refractivity contribution is -0.923. The Morgan fingerprint density at radius 2 is 1.72 bits per heavy atom. The zero-order valence-corrected chi connectivity index (χ0v) is 16.0. The summed E-state index contributed by atoms with van der Waals surface area (Å²) in [6, 6.07) is 12.3. The fourth-order valence-corrected chi connectivity index (χ4v) is 3.63. The van der Waals surface area contributed by atoms with Gasteiger partial charge >= 0.3 is 0 Å². The van der Waals surface area contributed by atoms with Crippen LogP contribution in [0.3, 0.4) is 0 Å². The first kappa shape index (κ1) is 19.4. The lowest BCUT2D eigenvalue weighted by Gasteiger charge is -2.43. The number of likely N-dealkylation sites (N-methyl/N-ethyl adjacent to an activating group) is 1. The lowest BCUT2D eigenvalue weighted by atomic mass is 9.86. The van der Waals surface area contributed by atoms with Gasteiger partial charge in [-0.15, -0.1) is 0 Å². The Balaban J connectivity index is 0.00000225. The fourth-order valence-electron chi connectivity index (χ4n) is 3.63. The molecule has 0 unspecified atom stereocenters. The fraction of sp³-hybridized carbons (Fsp3) is 0.400. The van der Waals surface area contributed by atoms with Crippen molar-refractivity contribution in [3.05, 3.63) is 53.1 Å². The van der Waals surface area contributed by atoms with Gasteiger partial charge in [0.25, 0.3) is 0 Å². The molecule has 1 aliphatic rings. The summed E-state index contributed by atoms with van der Waals surface area (Å²) in [5, 5.41) is 10.7. The molecule has 25 heavy (non-hydrogen) atoms. The summed E-state index contributed by atoms with van der Waals surface area (Å²) in [6.07, 6.45) is 1.84. The molecule has 0 aliphatic carbocycles. The van der Waals surface area contributed by atoms with Gasteiger partial charge in [-0.1, -0.05) is 18.2 Å². The second-order valence-electron chi connectivity index (χ2n) is 7.01. The molecule has 4 nitrogen and oxygen atoms in total. The van der Waals surface area contributed by atoms with Crippen LogP contribution in [0.4, 0.5) is 0 Å². The Labute approximate surface area is 156 Å². The van der Waals surface area contributed by atoms with E-state index in [0.717, 1.165) is 35.2 Å². The molecule has 2 aromatic rings. The molecule has 0 radical (unpaired) electrons. The molecule has 136 valence electrons. The molecule has 0 saturated carbocycles. The maximum atomic E-state index is 10.7. The van der Waals surface area contributed by atoms with Crippen LogP contribution in [0.1, 0.15) is 22.7 Å². The van der Waals surface area contributed by atoms with Crippen LogP contribution in [0.25, 0.3) is 0 Å². The molecule has 0 saturated heterocycles. The Kier molecular flexibility index (Phi) is 5.86. The molecule has 1 atom stereocenters. The van der Waals surface area contributed by atoms with Gasteiger partial charge in [0.2, 0.25) is 0 Å². The van der Waals surface area contributed by atoms with Crippen molar-refractivity contribution >= 4 is 0 Å². The van der Waals surface area contributed by atoms with E-state index in [-0.39, 0.29) is 18.4 Å². The van der Waals surface area contributed by atoms with Crippen molar-refractivity contribution in [2.45, 2.75) is 18.9 Å². The van der Waals surface area contributed by atoms with Gasteiger partial charge in [0.15, 0.2) is 11.5 Å². The SMILES string of the molecule is COc1ccc(C[C@@H]2c3c(ccc(OC)c3O)CC[N+]2(C)C)cc1.[Cl-]. The van der Waals surface area contributed by atoms with Crippen molar-refractivity contribution in [2.75, 3.05) is 34.9 Å². The zero-order chi connectivity index (χ0) is 17.3. The molecule has 5 heteroatoms. The van der Waals surface area contributed by atoms with E-state index in [2.05, 4.69) is 32.3 Å². The Morgan fingerprint density at radius 1 is 1.04 bits per heavy atom. The second kappa shape index (κ2) is 7.54. The number of phenolic OH excluding ortho intramolecular Hbond substituents is 1. The van der Waals surface area contributed by atoms with Crippen molar-refractivity contribution in [1.82, 2.24) is 0 Å². The summed E-state index contributed by atoms with van der Waals surface area (Å²) in [5.74, 6) is 1.70. The topological polar surface area (TPSA) is 38.7 Å². The first-order valence-corrected chi connectivity index (χ1v) is 8.30. The number of methoxy groups -OCH3 is 2. The molecular formula is C20H26ClNO3. The summed E-state index contributed by atoms with van der Waals surface area (Å²) >= 11 is 0. The van der Waals surface area contributed by atoms with Gasteiger partial charge in [0, 0.05) is 12.8 Å². The van der Waals surface area contributed by atoms with Crippen LogP contribution >= 0.6 is 0 Å². The third kappa shape index (κ3) is 3.70. The normalized spacial score (nSPS) is 18.0. The molecule has 1 N–H and O–H groups in total. The number of quaternary nitrogens is 1. The van der Waals surface area contributed by atoms with Crippen LogP contribution in [0.2, 0.25) is 0 Å². The average Bonchev–Trinajstić information content (AvgIpc) is 2.58. The molecule has 2 aromatic carbocycles. The van der Waals surface area contributed by atoms with E-state index in [1.165, 1.54) is 11.1 Å². The van der Waals surface area contributed by atoms with Gasteiger partial charge in [-0.25, -0.2) is 0 Å². The van der Waals surface area contributed by atoms with E-state index in [4.69, 9.17) is 9.47 Å². The highest BCUT2D eigenvalue weighted by atomic mass is 35.5. The van der Waals surface area contributed by atoms with E-state index >= 15 is 0 Å². The quantitative estimate of drug-likeness (QED) is 0.796. The smallest absolute Gasteiger partial charge is 0.167 e. The van der Waals surface area contributed by atoms with Crippen LogP contribution in [-0.2, 0) is 12.8 Å². The van der Waals surface area contributed by atoms with Gasteiger partial charge in [0.05, 0.1) is 40.4 Å². The molecule has 0 bridgehead atoms. The monoisotopic (exact) mass is 363 g/mol. The Hall–Kier alpha value is -1.91. The predicted octanol–water partition coefficient (Wildman–Crippen LogP) is 0.330. The minimum Gasteiger partial charge on any atom is -1.00 e. The highest BCUT2D eigenvalue weighted by Crippen LogP contribution is 2.44. The van der Waals surface area contributed by atoms with Crippen LogP contribution in [0.15, 0.2) is 36.4 Å². The zero-order valence-electron chi connectivity index (χ0n) is 15.3. The highest BCUT2D eigenvalue weighted by Gasteiger charge is 2.38. The minimum absolute atomic E-state index is 0. The lowest BCUT2D eigenvalue weighted by Crippen LogP contribution is -3.00. The van der Waals surface area contributed by atoms with Crippen molar-refractivity contribution < 1.29 is 31.5 Å². The van der Waals surface area contributed by atoms with Gasteiger partial charge < -0.3 is 31.5 Å². The largest absolute Gasteiger partial charge is 1.00 e. The first-order chi connectivity index (χ1) is 11.5. The number of rotatable bonds is 4. The molecule has 0 aromatic heterocycles.